The van der Waals surface area contributed by atoms with Crippen LogP contribution < -0.4 is 4.90 Å². The quantitative estimate of drug-likeness (QED) is 0.205. The molecule has 0 radical (unpaired) electrons. The number of rotatable bonds is 14. The van der Waals surface area contributed by atoms with Gasteiger partial charge in [-0.3, -0.25) is 4.79 Å². The minimum absolute atomic E-state index is 0.00513. The Morgan fingerprint density at radius 1 is 1.00 bits per heavy atom. The average molecular weight is 390 g/mol. The lowest BCUT2D eigenvalue weighted by Gasteiger charge is -2.25. The van der Waals surface area contributed by atoms with Gasteiger partial charge in [0.1, 0.15) is 0 Å². The Balaban J connectivity index is 2.48. The fourth-order valence-electron chi connectivity index (χ4n) is 3.54. The van der Waals surface area contributed by atoms with E-state index in [1.165, 1.54) is 50.5 Å². The van der Waals surface area contributed by atoms with Crippen molar-refractivity contribution in [2.75, 3.05) is 17.7 Å². The minimum atomic E-state index is 0.00513. The van der Waals surface area contributed by atoms with Crippen molar-refractivity contribution >= 4 is 24.2 Å². The van der Waals surface area contributed by atoms with Crippen LogP contribution in [0.4, 0.5) is 5.69 Å². The van der Waals surface area contributed by atoms with Crippen molar-refractivity contribution in [1.82, 2.24) is 0 Å². The molecule has 152 valence electrons. The third-order valence-corrected chi connectivity index (χ3v) is 5.57. The highest BCUT2D eigenvalue weighted by atomic mass is 32.1. The smallest absolute Gasteiger partial charge is 0.233 e. The fourth-order valence-corrected chi connectivity index (χ4v) is 3.77. The molecule has 0 spiro atoms. The standard InChI is InChI=1S/C24H39NOS/c1-4-16-21(2)23(19-14-9-7-5-6-8-10-15-20-27)24(26)25(3)22-17-12-11-13-18-22/h11-13,16-18,23,27H,4-10,14-15,19-20H2,1-3H3. The third-order valence-electron chi connectivity index (χ3n) is 5.25. The Bertz CT molecular complexity index is 541. The number of nitrogens with zero attached hydrogens (tertiary/aromatic N) is 1. The van der Waals surface area contributed by atoms with Gasteiger partial charge in [0, 0.05) is 12.7 Å². The summed E-state index contributed by atoms with van der Waals surface area (Å²) in [7, 11) is 1.90. The summed E-state index contributed by atoms with van der Waals surface area (Å²) in [5.74, 6) is 1.23. The molecule has 0 heterocycles. The van der Waals surface area contributed by atoms with Gasteiger partial charge in [0.25, 0.3) is 0 Å². The zero-order valence-corrected chi connectivity index (χ0v) is 18.5. The first-order chi connectivity index (χ1) is 13.1. The van der Waals surface area contributed by atoms with Crippen LogP contribution in [0.25, 0.3) is 0 Å². The Hall–Kier alpha value is -1.22. The molecule has 1 rings (SSSR count). The summed E-state index contributed by atoms with van der Waals surface area (Å²) < 4.78 is 0. The first kappa shape index (κ1) is 23.8. The van der Waals surface area contributed by atoms with Crippen LogP contribution in [0, 0.1) is 5.92 Å². The molecule has 1 unspecified atom stereocenters. The van der Waals surface area contributed by atoms with E-state index in [-0.39, 0.29) is 11.8 Å². The number of carbonyl (C=O) groups is 1. The second-order valence-corrected chi connectivity index (χ2v) is 7.93. The van der Waals surface area contributed by atoms with E-state index in [0.29, 0.717) is 0 Å². The second kappa shape index (κ2) is 14.8. The predicted molar refractivity (Wildman–Crippen MR) is 123 cm³/mol. The number of carbonyl (C=O) groups excluding carboxylic acids is 1. The number of benzene rings is 1. The molecule has 2 nitrogen and oxygen atoms in total. The highest BCUT2D eigenvalue weighted by molar-refractivity contribution is 7.80. The van der Waals surface area contributed by atoms with Crippen LogP contribution in [0.15, 0.2) is 42.0 Å². The second-order valence-electron chi connectivity index (χ2n) is 7.48. The van der Waals surface area contributed by atoms with Gasteiger partial charge in [0.15, 0.2) is 0 Å². The monoisotopic (exact) mass is 389 g/mol. The summed E-state index contributed by atoms with van der Waals surface area (Å²) in [6.45, 7) is 4.26. The molecule has 0 bridgehead atoms. The molecule has 1 aromatic carbocycles. The lowest BCUT2D eigenvalue weighted by molar-refractivity contribution is -0.121. The Morgan fingerprint density at radius 2 is 1.56 bits per heavy atom. The zero-order chi connectivity index (χ0) is 19.9. The van der Waals surface area contributed by atoms with Gasteiger partial charge in [0.2, 0.25) is 5.91 Å². The van der Waals surface area contributed by atoms with E-state index in [4.69, 9.17) is 0 Å². The summed E-state index contributed by atoms with van der Waals surface area (Å²) in [6, 6.07) is 9.96. The molecule has 0 aliphatic carbocycles. The van der Waals surface area contributed by atoms with Gasteiger partial charge in [0.05, 0.1) is 5.92 Å². The molecule has 3 heteroatoms. The van der Waals surface area contributed by atoms with E-state index in [9.17, 15) is 4.79 Å². The maximum Gasteiger partial charge on any atom is 0.233 e. The van der Waals surface area contributed by atoms with Crippen molar-refractivity contribution in [3.05, 3.63) is 42.0 Å². The van der Waals surface area contributed by atoms with Crippen molar-refractivity contribution in [2.24, 2.45) is 5.92 Å². The average Bonchev–Trinajstić information content (AvgIpc) is 2.69. The van der Waals surface area contributed by atoms with Crippen molar-refractivity contribution in [1.29, 1.82) is 0 Å². The van der Waals surface area contributed by atoms with Gasteiger partial charge in [-0.2, -0.15) is 12.6 Å². The molecular formula is C24H39NOS. The molecule has 0 aliphatic heterocycles. The number of amides is 1. The van der Waals surface area contributed by atoms with Gasteiger partial charge >= 0.3 is 0 Å². The van der Waals surface area contributed by atoms with Crippen LogP contribution in [0.3, 0.4) is 0 Å². The summed E-state index contributed by atoms with van der Waals surface area (Å²) in [5.41, 5.74) is 2.19. The maximum absolute atomic E-state index is 13.1. The van der Waals surface area contributed by atoms with Crippen molar-refractivity contribution < 1.29 is 4.79 Å². The number of hydrogen-bond acceptors (Lipinski definition) is 2. The zero-order valence-electron chi connectivity index (χ0n) is 17.6. The molecular weight excluding hydrogens is 350 g/mol. The molecule has 27 heavy (non-hydrogen) atoms. The van der Waals surface area contributed by atoms with Crippen molar-refractivity contribution in [3.63, 3.8) is 0 Å². The van der Waals surface area contributed by atoms with Crippen LogP contribution in [-0.2, 0) is 4.79 Å². The largest absolute Gasteiger partial charge is 0.315 e. The number of unbranched alkanes of at least 4 members (excludes halogenated alkanes) is 7. The number of thiol groups is 1. The summed E-state index contributed by atoms with van der Waals surface area (Å²) in [4.78, 5) is 14.9. The van der Waals surface area contributed by atoms with Gasteiger partial charge in [-0.1, -0.05) is 81.7 Å². The number of allylic oxidation sites excluding steroid dienone is 1. The minimum Gasteiger partial charge on any atom is -0.315 e. The third kappa shape index (κ3) is 9.51. The van der Waals surface area contributed by atoms with E-state index in [2.05, 4.69) is 32.6 Å². The van der Waals surface area contributed by atoms with Crippen LogP contribution in [-0.4, -0.2) is 18.7 Å². The van der Waals surface area contributed by atoms with E-state index < -0.39 is 0 Å². The van der Waals surface area contributed by atoms with Gasteiger partial charge in [-0.25, -0.2) is 0 Å². The van der Waals surface area contributed by atoms with E-state index in [0.717, 1.165) is 30.7 Å². The molecule has 0 saturated heterocycles. The molecule has 0 aliphatic rings. The molecule has 0 N–H and O–H groups in total. The predicted octanol–water partition coefficient (Wildman–Crippen LogP) is 7.06. The van der Waals surface area contributed by atoms with Gasteiger partial charge in [-0.05, 0) is 44.1 Å². The lowest BCUT2D eigenvalue weighted by Crippen LogP contribution is -2.33. The van der Waals surface area contributed by atoms with Crippen LogP contribution in [0.2, 0.25) is 0 Å². The normalized spacial score (nSPS) is 12.8. The molecule has 1 atom stereocenters. The Kier molecular flexibility index (Phi) is 13.0. The lowest BCUT2D eigenvalue weighted by atomic mass is 9.91. The highest BCUT2D eigenvalue weighted by Gasteiger charge is 2.23. The van der Waals surface area contributed by atoms with Gasteiger partial charge < -0.3 is 4.90 Å². The molecule has 0 aromatic heterocycles. The maximum atomic E-state index is 13.1. The fraction of sp³-hybridized carbons (Fsp3) is 0.625. The highest BCUT2D eigenvalue weighted by Crippen LogP contribution is 2.24. The summed E-state index contributed by atoms with van der Waals surface area (Å²) >= 11 is 4.26. The first-order valence-electron chi connectivity index (χ1n) is 10.7. The molecule has 1 aromatic rings. The molecule has 0 fully saturated rings. The summed E-state index contributed by atoms with van der Waals surface area (Å²) in [6.07, 6.45) is 14.3. The number of hydrogen-bond donors (Lipinski definition) is 1. The first-order valence-corrected chi connectivity index (χ1v) is 11.3. The SMILES string of the molecule is CCC=C(C)C(CCCCCCCCCCS)C(=O)N(C)c1ccccc1. The Labute approximate surface area is 172 Å². The van der Waals surface area contributed by atoms with Gasteiger partial charge in [-0.15, -0.1) is 0 Å². The van der Waals surface area contributed by atoms with Crippen LogP contribution in [0.5, 0.6) is 0 Å². The van der Waals surface area contributed by atoms with Crippen molar-refractivity contribution in [3.8, 4) is 0 Å². The van der Waals surface area contributed by atoms with E-state index >= 15 is 0 Å². The number of anilines is 1. The van der Waals surface area contributed by atoms with E-state index in [1.54, 1.807) is 0 Å². The molecule has 1 amide bonds. The van der Waals surface area contributed by atoms with Crippen LogP contribution >= 0.6 is 12.6 Å². The Morgan fingerprint density at radius 3 is 2.11 bits per heavy atom. The summed E-state index contributed by atoms with van der Waals surface area (Å²) in [5, 5.41) is 0. The number of para-hydroxylation sites is 1. The van der Waals surface area contributed by atoms with E-state index in [1.807, 2.05) is 42.3 Å². The molecule has 0 saturated carbocycles. The van der Waals surface area contributed by atoms with Crippen LogP contribution in [0.1, 0.15) is 78.1 Å². The topological polar surface area (TPSA) is 20.3 Å². The van der Waals surface area contributed by atoms with Crippen molar-refractivity contribution in [2.45, 2.75) is 78.1 Å².